The molecular formula is C15H14F6OP-. The summed E-state index contributed by atoms with van der Waals surface area (Å²) in [6.45, 7) is 0. The fourth-order valence-corrected chi connectivity index (χ4v) is 4.02. The molecular weight excluding hydrogens is 341 g/mol. The topological polar surface area (TPSA) is 23.1 Å². The summed E-state index contributed by atoms with van der Waals surface area (Å²) in [7, 11) is 0.0200. The number of hydrogen-bond acceptors (Lipinski definition) is 1. The van der Waals surface area contributed by atoms with E-state index in [2.05, 4.69) is 0 Å². The third kappa shape index (κ3) is 4.48. The minimum atomic E-state index is -5.01. The summed E-state index contributed by atoms with van der Waals surface area (Å²) >= 11 is 0. The van der Waals surface area contributed by atoms with Crippen LogP contribution in [-0.4, -0.2) is 11.1 Å². The lowest BCUT2D eigenvalue weighted by molar-refractivity contribution is -0.209. The van der Waals surface area contributed by atoms with Gasteiger partial charge in [0.05, 0.1) is 11.1 Å². The smallest absolute Gasteiger partial charge is 0.416 e. The summed E-state index contributed by atoms with van der Waals surface area (Å²) in [5.41, 5.74) is -5.54. The van der Waals surface area contributed by atoms with Gasteiger partial charge in [-0.15, -0.1) is 13.7 Å². The Hall–Kier alpha value is -1.07. The SMILES string of the molecule is [O-]C(=PC1CCCCC1)c1c(C(F)(F)F)cccc1C(F)(F)F. The van der Waals surface area contributed by atoms with Crippen molar-refractivity contribution < 1.29 is 31.4 Å². The van der Waals surface area contributed by atoms with Crippen molar-refractivity contribution >= 4 is 13.7 Å². The Morgan fingerprint density at radius 2 is 1.39 bits per heavy atom. The Bertz CT molecular complexity index is 552. The van der Waals surface area contributed by atoms with Gasteiger partial charge in [-0.2, -0.15) is 26.3 Å². The normalized spacial score (nSPS) is 18.3. The Balaban J connectivity index is 2.55. The van der Waals surface area contributed by atoms with Crippen LogP contribution < -0.4 is 5.11 Å². The van der Waals surface area contributed by atoms with Crippen molar-refractivity contribution in [2.24, 2.45) is 0 Å². The summed E-state index contributed by atoms with van der Waals surface area (Å²) < 4.78 is 78.2. The molecule has 0 aliphatic heterocycles. The Kier molecular flexibility index (Phi) is 5.41. The number of alkyl halides is 6. The molecule has 0 amide bonds. The van der Waals surface area contributed by atoms with Gasteiger partial charge < -0.3 is 5.11 Å². The van der Waals surface area contributed by atoms with E-state index < -0.39 is 34.5 Å². The van der Waals surface area contributed by atoms with Gasteiger partial charge in [-0.05, 0) is 36.2 Å². The molecule has 1 aromatic carbocycles. The highest BCUT2D eigenvalue weighted by Crippen LogP contribution is 2.40. The first-order valence-corrected chi connectivity index (χ1v) is 8.09. The summed E-state index contributed by atoms with van der Waals surface area (Å²) in [4.78, 5) is 0. The van der Waals surface area contributed by atoms with E-state index in [0.717, 1.165) is 19.3 Å². The van der Waals surface area contributed by atoms with E-state index >= 15 is 0 Å². The average Bonchev–Trinajstić information content (AvgIpc) is 2.45. The molecule has 23 heavy (non-hydrogen) atoms. The monoisotopic (exact) mass is 355 g/mol. The van der Waals surface area contributed by atoms with Crippen molar-refractivity contribution in [1.29, 1.82) is 0 Å². The van der Waals surface area contributed by atoms with Gasteiger partial charge in [0.15, 0.2) is 0 Å². The van der Waals surface area contributed by atoms with Gasteiger partial charge in [-0.3, -0.25) is 0 Å². The lowest BCUT2D eigenvalue weighted by Crippen LogP contribution is -2.27. The summed E-state index contributed by atoms with van der Waals surface area (Å²) in [6, 6.07) is 1.73. The molecule has 0 N–H and O–H groups in total. The minimum Gasteiger partial charge on any atom is -0.823 e. The molecule has 0 saturated heterocycles. The summed E-state index contributed by atoms with van der Waals surface area (Å²) in [5, 5.41) is 12.2. The predicted molar refractivity (Wildman–Crippen MR) is 74.3 cm³/mol. The largest absolute Gasteiger partial charge is 0.823 e. The number of rotatable bonds is 2. The summed E-state index contributed by atoms with van der Waals surface area (Å²) in [5.74, 6) is 0. The van der Waals surface area contributed by atoms with Crippen molar-refractivity contribution in [3.63, 3.8) is 0 Å². The summed E-state index contributed by atoms with van der Waals surface area (Å²) in [6.07, 6.45) is -6.03. The van der Waals surface area contributed by atoms with E-state index in [-0.39, 0.29) is 13.9 Å². The third-order valence-corrected chi connectivity index (χ3v) is 5.10. The zero-order chi connectivity index (χ0) is 17.3. The molecule has 2 rings (SSSR count). The highest BCUT2D eigenvalue weighted by Gasteiger charge is 2.40. The Labute approximate surface area is 131 Å². The van der Waals surface area contributed by atoms with Crippen molar-refractivity contribution in [3.8, 4) is 0 Å². The number of hydrogen-bond donors (Lipinski definition) is 0. The second-order valence-electron chi connectivity index (χ2n) is 5.45. The Morgan fingerprint density at radius 3 is 1.83 bits per heavy atom. The molecule has 0 unspecified atom stereocenters. The number of benzene rings is 1. The molecule has 0 atom stereocenters. The van der Waals surface area contributed by atoms with Crippen LogP contribution in [0.4, 0.5) is 26.3 Å². The molecule has 1 aromatic rings. The van der Waals surface area contributed by atoms with Gasteiger partial charge in [0, 0.05) is 0 Å². The van der Waals surface area contributed by atoms with Crippen LogP contribution in [0.3, 0.4) is 0 Å². The van der Waals surface area contributed by atoms with Crippen molar-refractivity contribution in [3.05, 3.63) is 34.9 Å². The van der Waals surface area contributed by atoms with Crippen LogP contribution >= 0.6 is 8.20 Å². The molecule has 0 aromatic heterocycles. The van der Waals surface area contributed by atoms with Gasteiger partial charge in [0.2, 0.25) is 0 Å². The van der Waals surface area contributed by atoms with E-state index in [9.17, 15) is 31.4 Å². The van der Waals surface area contributed by atoms with Crippen LogP contribution in [0, 0.1) is 0 Å². The maximum absolute atomic E-state index is 13.0. The van der Waals surface area contributed by atoms with E-state index in [1.54, 1.807) is 0 Å². The van der Waals surface area contributed by atoms with Crippen molar-refractivity contribution in [2.75, 3.05) is 0 Å². The predicted octanol–water partition coefficient (Wildman–Crippen LogP) is 4.84. The number of halogens is 6. The highest BCUT2D eigenvalue weighted by molar-refractivity contribution is 7.41. The minimum absolute atomic E-state index is 0.0200. The van der Waals surface area contributed by atoms with Crippen LogP contribution in [-0.2, 0) is 12.4 Å². The molecule has 1 aliphatic rings. The first kappa shape index (κ1) is 18.3. The lowest BCUT2D eigenvalue weighted by atomic mass is 10.0. The van der Waals surface area contributed by atoms with Crippen LogP contribution in [0.25, 0.3) is 0 Å². The molecule has 0 spiro atoms. The molecule has 1 saturated carbocycles. The molecule has 1 nitrogen and oxygen atoms in total. The quantitative estimate of drug-likeness (QED) is 0.550. The zero-order valence-electron chi connectivity index (χ0n) is 12.0. The van der Waals surface area contributed by atoms with Gasteiger partial charge in [0.1, 0.15) is 0 Å². The molecule has 1 fully saturated rings. The third-order valence-electron chi connectivity index (χ3n) is 3.76. The van der Waals surface area contributed by atoms with Crippen LogP contribution in [0.5, 0.6) is 0 Å². The van der Waals surface area contributed by atoms with E-state index in [0.29, 0.717) is 31.0 Å². The average molecular weight is 355 g/mol. The first-order valence-electron chi connectivity index (χ1n) is 7.13. The van der Waals surface area contributed by atoms with Crippen molar-refractivity contribution in [1.82, 2.24) is 0 Å². The van der Waals surface area contributed by atoms with E-state index in [4.69, 9.17) is 0 Å². The molecule has 0 bridgehead atoms. The maximum Gasteiger partial charge on any atom is 0.416 e. The van der Waals surface area contributed by atoms with Crippen LogP contribution in [0.2, 0.25) is 0 Å². The zero-order valence-corrected chi connectivity index (χ0v) is 12.9. The van der Waals surface area contributed by atoms with Gasteiger partial charge in [-0.25, -0.2) is 0 Å². The van der Waals surface area contributed by atoms with Gasteiger partial charge >= 0.3 is 12.4 Å². The van der Waals surface area contributed by atoms with E-state index in [1.165, 1.54) is 0 Å². The van der Waals surface area contributed by atoms with Gasteiger partial charge in [0.25, 0.3) is 0 Å². The van der Waals surface area contributed by atoms with Crippen LogP contribution in [0.15, 0.2) is 18.2 Å². The van der Waals surface area contributed by atoms with Crippen LogP contribution in [0.1, 0.15) is 48.8 Å². The van der Waals surface area contributed by atoms with Gasteiger partial charge in [-0.1, -0.05) is 25.3 Å². The van der Waals surface area contributed by atoms with Crippen molar-refractivity contribution in [2.45, 2.75) is 50.1 Å². The highest BCUT2D eigenvalue weighted by atomic mass is 31.1. The Morgan fingerprint density at radius 1 is 0.913 bits per heavy atom. The molecule has 0 radical (unpaired) electrons. The molecule has 128 valence electrons. The first-order chi connectivity index (χ1) is 10.6. The molecule has 1 aliphatic carbocycles. The standard InChI is InChI=1S/C15H15F6OP/c16-14(17,18)10-7-4-8-11(15(19,20)21)12(10)13(22)23-9-5-2-1-3-6-9/h4,7-9,22H,1-3,5-6H2/p-1. The maximum atomic E-state index is 13.0. The molecule has 0 heterocycles. The van der Waals surface area contributed by atoms with E-state index in [1.807, 2.05) is 0 Å². The fourth-order valence-electron chi connectivity index (χ4n) is 2.70. The lowest BCUT2D eigenvalue weighted by Gasteiger charge is -2.26. The second-order valence-corrected chi connectivity index (χ2v) is 6.84. The fraction of sp³-hybridized carbons (Fsp3) is 0.533. The second kappa shape index (κ2) is 6.81. The molecule has 8 heteroatoms.